The van der Waals surface area contributed by atoms with E-state index >= 15 is 0 Å². The highest BCUT2D eigenvalue weighted by atomic mass is 35.5. The smallest absolute Gasteiger partial charge is 0.330 e. The van der Waals surface area contributed by atoms with Crippen molar-refractivity contribution in [2.24, 2.45) is 0 Å². The molecule has 0 aromatic carbocycles. The van der Waals surface area contributed by atoms with Gasteiger partial charge in [0.1, 0.15) is 0 Å². The van der Waals surface area contributed by atoms with E-state index < -0.39 is 11.9 Å². The van der Waals surface area contributed by atoms with E-state index in [0.717, 1.165) is 6.42 Å². The summed E-state index contributed by atoms with van der Waals surface area (Å²) in [6.07, 6.45) is 5.17. The van der Waals surface area contributed by atoms with E-state index in [1.54, 1.807) is 18.2 Å². The summed E-state index contributed by atoms with van der Waals surface area (Å²) in [4.78, 5) is 26.3. The highest BCUT2D eigenvalue weighted by molar-refractivity contribution is 6.32. The SMILES string of the molecule is CC/C=C/C(=O)OCC(=O)Nc1cccnc1Cl. The number of ether oxygens (including phenoxy) is 1. The van der Waals surface area contributed by atoms with Crippen molar-refractivity contribution in [3.05, 3.63) is 35.6 Å². The fraction of sp³-hybridized carbons (Fsp3) is 0.250. The number of nitrogens with one attached hydrogen (secondary N) is 1. The quantitative estimate of drug-likeness (QED) is 0.505. The zero-order chi connectivity index (χ0) is 13.4. The molecule has 0 saturated carbocycles. The van der Waals surface area contributed by atoms with Gasteiger partial charge in [-0.2, -0.15) is 0 Å². The Bertz CT molecular complexity index is 460. The van der Waals surface area contributed by atoms with Crippen LogP contribution in [0.25, 0.3) is 0 Å². The van der Waals surface area contributed by atoms with Gasteiger partial charge in [-0.3, -0.25) is 4.79 Å². The predicted octanol–water partition coefficient (Wildman–Crippen LogP) is 2.18. The van der Waals surface area contributed by atoms with Crippen molar-refractivity contribution in [1.82, 2.24) is 4.98 Å². The van der Waals surface area contributed by atoms with Crippen LogP contribution < -0.4 is 5.32 Å². The van der Waals surface area contributed by atoms with Gasteiger partial charge in [0.05, 0.1) is 5.69 Å². The largest absolute Gasteiger partial charge is 0.452 e. The summed E-state index contributed by atoms with van der Waals surface area (Å²) in [6, 6.07) is 3.24. The number of hydrogen-bond donors (Lipinski definition) is 1. The minimum Gasteiger partial charge on any atom is -0.452 e. The van der Waals surface area contributed by atoms with Gasteiger partial charge in [0.2, 0.25) is 0 Å². The maximum absolute atomic E-state index is 11.4. The van der Waals surface area contributed by atoms with Crippen LogP contribution in [0.2, 0.25) is 5.15 Å². The molecule has 0 atom stereocenters. The summed E-state index contributed by atoms with van der Waals surface area (Å²) in [6.45, 7) is 1.53. The van der Waals surface area contributed by atoms with Gasteiger partial charge in [0, 0.05) is 12.3 Å². The molecule has 1 amide bonds. The van der Waals surface area contributed by atoms with Crippen LogP contribution in [-0.2, 0) is 14.3 Å². The second-order valence-corrected chi connectivity index (χ2v) is 3.67. The van der Waals surface area contributed by atoms with Crippen LogP contribution in [0, 0.1) is 0 Å². The summed E-state index contributed by atoms with van der Waals surface area (Å²) in [5.41, 5.74) is 0.379. The maximum Gasteiger partial charge on any atom is 0.330 e. The first-order valence-corrected chi connectivity index (χ1v) is 5.75. The van der Waals surface area contributed by atoms with Crippen LogP contribution in [0.1, 0.15) is 13.3 Å². The summed E-state index contributed by atoms with van der Waals surface area (Å²) < 4.78 is 4.72. The molecule has 0 aliphatic carbocycles. The molecule has 1 aromatic rings. The Morgan fingerprint density at radius 1 is 1.56 bits per heavy atom. The van der Waals surface area contributed by atoms with Crippen molar-refractivity contribution >= 4 is 29.2 Å². The van der Waals surface area contributed by atoms with E-state index in [1.807, 2.05) is 6.92 Å². The van der Waals surface area contributed by atoms with Crippen LogP contribution in [0.15, 0.2) is 30.5 Å². The van der Waals surface area contributed by atoms with Crippen LogP contribution >= 0.6 is 11.6 Å². The Kier molecular flexibility index (Phi) is 5.87. The van der Waals surface area contributed by atoms with E-state index in [-0.39, 0.29) is 11.8 Å². The number of carbonyl (C=O) groups is 2. The Morgan fingerprint density at radius 2 is 2.33 bits per heavy atom. The first kappa shape index (κ1) is 14.2. The van der Waals surface area contributed by atoms with E-state index in [0.29, 0.717) is 5.69 Å². The number of allylic oxidation sites excluding steroid dienone is 1. The summed E-state index contributed by atoms with van der Waals surface area (Å²) in [5, 5.41) is 2.67. The minimum absolute atomic E-state index is 0.183. The first-order valence-electron chi connectivity index (χ1n) is 5.37. The van der Waals surface area contributed by atoms with Gasteiger partial charge in [-0.15, -0.1) is 0 Å². The average Bonchev–Trinajstić information content (AvgIpc) is 2.36. The number of halogens is 1. The van der Waals surface area contributed by atoms with E-state index in [9.17, 15) is 9.59 Å². The molecular weight excluding hydrogens is 256 g/mol. The van der Waals surface area contributed by atoms with Crippen LogP contribution in [0.4, 0.5) is 5.69 Å². The van der Waals surface area contributed by atoms with Crippen molar-refractivity contribution in [3.8, 4) is 0 Å². The second-order valence-electron chi connectivity index (χ2n) is 3.31. The zero-order valence-corrected chi connectivity index (χ0v) is 10.6. The molecule has 1 rings (SSSR count). The fourth-order valence-electron chi connectivity index (χ4n) is 1.06. The highest BCUT2D eigenvalue weighted by Crippen LogP contribution is 2.16. The Balaban J connectivity index is 2.41. The maximum atomic E-state index is 11.4. The Morgan fingerprint density at radius 3 is 3.00 bits per heavy atom. The lowest BCUT2D eigenvalue weighted by Gasteiger charge is -2.06. The number of aromatic nitrogens is 1. The van der Waals surface area contributed by atoms with Crippen molar-refractivity contribution in [3.63, 3.8) is 0 Å². The van der Waals surface area contributed by atoms with Gasteiger partial charge < -0.3 is 10.1 Å². The number of carbonyl (C=O) groups excluding carboxylic acids is 2. The predicted molar refractivity (Wildman–Crippen MR) is 68.3 cm³/mol. The number of esters is 1. The molecule has 0 fully saturated rings. The van der Waals surface area contributed by atoms with Gasteiger partial charge in [-0.05, 0) is 18.6 Å². The molecule has 1 N–H and O–H groups in total. The summed E-state index contributed by atoms with van der Waals surface area (Å²) >= 11 is 5.75. The minimum atomic E-state index is -0.552. The molecular formula is C12H13ClN2O3. The molecule has 1 heterocycles. The Labute approximate surface area is 110 Å². The van der Waals surface area contributed by atoms with Crippen LogP contribution in [-0.4, -0.2) is 23.5 Å². The monoisotopic (exact) mass is 268 g/mol. The highest BCUT2D eigenvalue weighted by Gasteiger charge is 2.07. The molecule has 0 bridgehead atoms. The third-order valence-electron chi connectivity index (χ3n) is 1.87. The normalized spacial score (nSPS) is 10.3. The number of anilines is 1. The molecule has 1 aromatic heterocycles. The number of pyridine rings is 1. The molecule has 5 nitrogen and oxygen atoms in total. The Hall–Kier alpha value is -1.88. The number of nitrogens with zero attached hydrogens (tertiary/aromatic N) is 1. The summed E-state index contributed by atoms with van der Waals surface area (Å²) in [5.74, 6) is -1.02. The van der Waals surface area contributed by atoms with Crippen LogP contribution in [0.3, 0.4) is 0 Å². The molecule has 0 saturated heterocycles. The van der Waals surface area contributed by atoms with Gasteiger partial charge >= 0.3 is 5.97 Å². The van der Waals surface area contributed by atoms with Gasteiger partial charge in [0.25, 0.3) is 5.91 Å². The first-order chi connectivity index (χ1) is 8.63. The van der Waals surface area contributed by atoms with Crippen molar-refractivity contribution in [2.75, 3.05) is 11.9 Å². The average molecular weight is 269 g/mol. The van der Waals surface area contributed by atoms with Gasteiger partial charge in [0.15, 0.2) is 11.8 Å². The molecule has 6 heteroatoms. The summed E-state index contributed by atoms with van der Waals surface area (Å²) in [7, 11) is 0. The molecule has 18 heavy (non-hydrogen) atoms. The molecule has 0 radical (unpaired) electrons. The molecule has 0 aliphatic heterocycles. The second kappa shape index (κ2) is 7.45. The lowest BCUT2D eigenvalue weighted by Crippen LogP contribution is -2.20. The van der Waals surface area contributed by atoms with Crippen molar-refractivity contribution in [2.45, 2.75) is 13.3 Å². The third-order valence-corrected chi connectivity index (χ3v) is 2.17. The standard InChI is InChI=1S/C12H13ClN2O3/c1-2-3-6-11(17)18-8-10(16)15-9-5-4-7-14-12(9)13/h3-7H,2,8H2,1H3,(H,15,16)/b6-3+. The van der Waals surface area contributed by atoms with Gasteiger partial charge in [-0.1, -0.05) is 24.6 Å². The molecule has 0 unspecified atom stereocenters. The number of rotatable bonds is 5. The fourth-order valence-corrected chi connectivity index (χ4v) is 1.23. The van der Waals surface area contributed by atoms with Crippen molar-refractivity contribution in [1.29, 1.82) is 0 Å². The molecule has 0 spiro atoms. The topological polar surface area (TPSA) is 68.3 Å². The molecule has 96 valence electrons. The van der Waals surface area contributed by atoms with E-state index in [1.165, 1.54) is 12.3 Å². The lowest BCUT2D eigenvalue weighted by molar-refractivity contribution is -0.142. The number of amides is 1. The van der Waals surface area contributed by atoms with Crippen molar-refractivity contribution < 1.29 is 14.3 Å². The lowest BCUT2D eigenvalue weighted by atomic mass is 10.4. The zero-order valence-electron chi connectivity index (χ0n) is 9.85. The van der Waals surface area contributed by atoms with E-state index in [4.69, 9.17) is 16.3 Å². The van der Waals surface area contributed by atoms with E-state index in [2.05, 4.69) is 10.3 Å². The van der Waals surface area contributed by atoms with Crippen LogP contribution in [0.5, 0.6) is 0 Å². The molecule has 0 aliphatic rings. The number of hydrogen-bond acceptors (Lipinski definition) is 4. The van der Waals surface area contributed by atoms with Gasteiger partial charge in [-0.25, -0.2) is 9.78 Å². The third kappa shape index (κ3) is 4.97.